The highest BCUT2D eigenvalue weighted by molar-refractivity contribution is 6.05. The summed E-state index contributed by atoms with van der Waals surface area (Å²) < 4.78 is 0. The van der Waals surface area contributed by atoms with Gasteiger partial charge in [-0.3, -0.25) is 9.89 Å². The van der Waals surface area contributed by atoms with Crippen LogP contribution in [0.3, 0.4) is 0 Å². The molecule has 0 bridgehead atoms. The fourth-order valence-electron chi connectivity index (χ4n) is 1.87. The number of hydrogen-bond acceptors (Lipinski definition) is 2. The number of aromatic amines is 2. The molecule has 18 heavy (non-hydrogen) atoms. The van der Waals surface area contributed by atoms with Gasteiger partial charge in [0.2, 0.25) is 0 Å². The summed E-state index contributed by atoms with van der Waals surface area (Å²) in [4.78, 5) is 15.1. The van der Waals surface area contributed by atoms with Crippen LogP contribution in [0.15, 0.2) is 36.5 Å². The Labute approximate surface area is 103 Å². The van der Waals surface area contributed by atoms with Crippen LogP contribution in [0.25, 0.3) is 10.9 Å². The van der Waals surface area contributed by atoms with E-state index in [4.69, 9.17) is 0 Å². The minimum atomic E-state index is -0.162. The molecule has 90 valence electrons. The molecule has 0 radical (unpaired) electrons. The standard InChI is InChI=1S/C13H12N4O/c1-8-6-12(17-16-8)15-13(18)10-2-3-11-9(7-10)4-5-14-11/h2-7,14H,1H3,(H2,15,16,17,18). The Kier molecular flexibility index (Phi) is 2.37. The first-order chi connectivity index (χ1) is 8.72. The fourth-order valence-corrected chi connectivity index (χ4v) is 1.87. The van der Waals surface area contributed by atoms with Crippen molar-refractivity contribution in [3.8, 4) is 0 Å². The lowest BCUT2D eigenvalue weighted by molar-refractivity contribution is 0.102. The molecule has 1 aromatic carbocycles. The van der Waals surface area contributed by atoms with Crippen molar-refractivity contribution in [2.75, 3.05) is 5.32 Å². The maximum Gasteiger partial charge on any atom is 0.256 e. The number of carbonyl (C=O) groups excluding carboxylic acids is 1. The van der Waals surface area contributed by atoms with E-state index in [1.807, 2.05) is 31.3 Å². The predicted molar refractivity (Wildman–Crippen MR) is 69.6 cm³/mol. The van der Waals surface area contributed by atoms with Gasteiger partial charge in [-0.15, -0.1) is 0 Å². The van der Waals surface area contributed by atoms with Crippen LogP contribution < -0.4 is 5.32 Å². The Morgan fingerprint density at radius 3 is 2.94 bits per heavy atom. The molecule has 0 unspecified atom stereocenters. The van der Waals surface area contributed by atoms with Crippen LogP contribution in [0.4, 0.5) is 5.82 Å². The van der Waals surface area contributed by atoms with Crippen molar-refractivity contribution < 1.29 is 4.79 Å². The topological polar surface area (TPSA) is 73.6 Å². The van der Waals surface area contributed by atoms with Crippen molar-refractivity contribution in [2.24, 2.45) is 0 Å². The lowest BCUT2D eigenvalue weighted by Crippen LogP contribution is -2.11. The van der Waals surface area contributed by atoms with Gasteiger partial charge in [0.05, 0.1) is 0 Å². The van der Waals surface area contributed by atoms with Gasteiger partial charge in [0.25, 0.3) is 5.91 Å². The highest BCUT2D eigenvalue weighted by atomic mass is 16.1. The molecule has 0 saturated heterocycles. The van der Waals surface area contributed by atoms with Crippen molar-refractivity contribution in [3.05, 3.63) is 47.8 Å². The number of carbonyl (C=O) groups is 1. The molecule has 3 aromatic rings. The van der Waals surface area contributed by atoms with Crippen LogP contribution in [0.1, 0.15) is 16.1 Å². The molecule has 2 aromatic heterocycles. The van der Waals surface area contributed by atoms with E-state index in [2.05, 4.69) is 20.5 Å². The number of hydrogen-bond donors (Lipinski definition) is 3. The largest absolute Gasteiger partial charge is 0.361 e. The van der Waals surface area contributed by atoms with Crippen LogP contribution in [-0.2, 0) is 0 Å². The highest BCUT2D eigenvalue weighted by Gasteiger charge is 2.08. The number of amides is 1. The third kappa shape index (κ3) is 1.86. The number of H-pyrrole nitrogens is 2. The Morgan fingerprint density at radius 1 is 1.28 bits per heavy atom. The fraction of sp³-hybridized carbons (Fsp3) is 0.0769. The van der Waals surface area contributed by atoms with Gasteiger partial charge < -0.3 is 10.3 Å². The summed E-state index contributed by atoms with van der Waals surface area (Å²) >= 11 is 0. The van der Waals surface area contributed by atoms with E-state index >= 15 is 0 Å². The second-order valence-electron chi connectivity index (χ2n) is 4.17. The molecule has 0 spiro atoms. The summed E-state index contributed by atoms with van der Waals surface area (Å²) in [5, 5.41) is 10.5. The van der Waals surface area contributed by atoms with E-state index in [0.29, 0.717) is 11.4 Å². The summed E-state index contributed by atoms with van der Waals surface area (Å²) in [5.74, 6) is 0.372. The lowest BCUT2D eigenvalue weighted by atomic mass is 10.1. The first kappa shape index (κ1) is 10.6. The zero-order valence-corrected chi connectivity index (χ0v) is 9.82. The number of benzene rings is 1. The first-order valence-electron chi connectivity index (χ1n) is 5.63. The second-order valence-corrected chi connectivity index (χ2v) is 4.17. The van der Waals surface area contributed by atoms with E-state index in [9.17, 15) is 4.79 Å². The zero-order valence-electron chi connectivity index (χ0n) is 9.82. The number of fused-ring (bicyclic) bond motifs is 1. The molecule has 0 aliphatic rings. The Morgan fingerprint density at radius 2 is 2.17 bits per heavy atom. The van der Waals surface area contributed by atoms with Gasteiger partial charge in [0.15, 0.2) is 5.82 Å². The van der Waals surface area contributed by atoms with Crippen LogP contribution in [0.5, 0.6) is 0 Å². The number of nitrogens with zero attached hydrogens (tertiary/aromatic N) is 1. The monoisotopic (exact) mass is 240 g/mol. The minimum Gasteiger partial charge on any atom is -0.361 e. The molecule has 0 atom stereocenters. The first-order valence-corrected chi connectivity index (χ1v) is 5.63. The summed E-state index contributed by atoms with van der Waals surface area (Å²) in [5.41, 5.74) is 2.54. The van der Waals surface area contributed by atoms with Crippen molar-refractivity contribution in [1.82, 2.24) is 15.2 Å². The quantitative estimate of drug-likeness (QED) is 0.643. The Bertz CT molecular complexity index is 710. The van der Waals surface area contributed by atoms with Gasteiger partial charge in [-0.1, -0.05) is 0 Å². The van der Waals surface area contributed by atoms with Gasteiger partial charge in [-0.05, 0) is 31.2 Å². The van der Waals surface area contributed by atoms with E-state index in [1.165, 1.54) is 0 Å². The van der Waals surface area contributed by atoms with Gasteiger partial charge >= 0.3 is 0 Å². The maximum absolute atomic E-state index is 12.0. The molecule has 5 nitrogen and oxygen atoms in total. The average molecular weight is 240 g/mol. The Balaban J connectivity index is 1.87. The van der Waals surface area contributed by atoms with E-state index in [0.717, 1.165) is 16.6 Å². The van der Waals surface area contributed by atoms with Gasteiger partial charge in [-0.25, -0.2) is 0 Å². The predicted octanol–water partition coefficient (Wildman–Crippen LogP) is 2.45. The molecule has 5 heteroatoms. The number of rotatable bonds is 2. The van der Waals surface area contributed by atoms with Crippen LogP contribution >= 0.6 is 0 Å². The molecule has 2 heterocycles. The van der Waals surface area contributed by atoms with Gasteiger partial charge in [-0.2, -0.15) is 5.10 Å². The molecule has 0 saturated carbocycles. The van der Waals surface area contributed by atoms with Crippen LogP contribution in [0, 0.1) is 6.92 Å². The van der Waals surface area contributed by atoms with Crippen LogP contribution in [-0.4, -0.2) is 21.1 Å². The lowest BCUT2D eigenvalue weighted by Gasteiger charge is -2.01. The minimum absolute atomic E-state index is 0.162. The SMILES string of the molecule is Cc1cc(NC(=O)c2ccc3[nH]ccc3c2)n[nH]1. The maximum atomic E-state index is 12.0. The van der Waals surface area contributed by atoms with Crippen molar-refractivity contribution in [2.45, 2.75) is 6.92 Å². The highest BCUT2D eigenvalue weighted by Crippen LogP contribution is 2.15. The van der Waals surface area contributed by atoms with Crippen molar-refractivity contribution in [3.63, 3.8) is 0 Å². The van der Waals surface area contributed by atoms with Crippen molar-refractivity contribution >= 4 is 22.6 Å². The second kappa shape index (κ2) is 4.03. The normalized spacial score (nSPS) is 10.7. The molecular weight excluding hydrogens is 228 g/mol. The molecule has 1 amide bonds. The summed E-state index contributed by atoms with van der Waals surface area (Å²) in [6.07, 6.45) is 1.85. The summed E-state index contributed by atoms with van der Waals surface area (Å²) in [6, 6.07) is 9.24. The average Bonchev–Trinajstić information content (AvgIpc) is 2.96. The molecular formula is C13H12N4O. The molecule has 0 aliphatic carbocycles. The number of anilines is 1. The third-order valence-corrected chi connectivity index (χ3v) is 2.76. The van der Waals surface area contributed by atoms with E-state index < -0.39 is 0 Å². The molecule has 3 N–H and O–H groups in total. The molecule has 0 fully saturated rings. The van der Waals surface area contributed by atoms with Gasteiger partial charge in [0.1, 0.15) is 0 Å². The van der Waals surface area contributed by atoms with E-state index in [1.54, 1.807) is 12.1 Å². The summed E-state index contributed by atoms with van der Waals surface area (Å²) in [6.45, 7) is 1.88. The molecule has 0 aliphatic heterocycles. The third-order valence-electron chi connectivity index (χ3n) is 2.76. The van der Waals surface area contributed by atoms with Crippen molar-refractivity contribution in [1.29, 1.82) is 0 Å². The van der Waals surface area contributed by atoms with Crippen LogP contribution in [0.2, 0.25) is 0 Å². The number of aromatic nitrogens is 3. The summed E-state index contributed by atoms with van der Waals surface area (Å²) in [7, 11) is 0. The van der Waals surface area contributed by atoms with Gasteiger partial charge in [0, 0.05) is 34.4 Å². The number of aryl methyl sites for hydroxylation is 1. The Hall–Kier alpha value is -2.56. The molecule has 3 rings (SSSR count). The smallest absolute Gasteiger partial charge is 0.256 e. The van der Waals surface area contributed by atoms with E-state index in [-0.39, 0.29) is 5.91 Å². The zero-order chi connectivity index (χ0) is 12.5. The number of nitrogens with one attached hydrogen (secondary N) is 3.